The Kier molecular flexibility index (Phi) is 4.88. The summed E-state index contributed by atoms with van der Waals surface area (Å²) in [4.78, 5) is 20.2. The predicted molar refractivity (Wildman–Crippen MR) is 89.4 cm³/mol. The maximum atomic E-state index is 11.6. The molecule has 1 amide bonds. The van der Waals surface area contributed by atoms with Crippen molar-refractivity contribution in [2.45, 2.75) is 20.8 Å². The van der Waals surface area contributed by atoms with Gasteiger partial charge in [0, 0.05) is 6.54 Å². The van der Waals surface area contributed by atoms with Gasteiger partial charge in [0.2, 0.25) is 0 Å². The summed E-state index contributed by atoms with van der Waals surface area (Å²) >= 11 is 0. The molecule has 0 spiro atoms. The number of rotatable bonds is 5. The number of aromatic nitrogens is 2. The van der Waals surface area contributed by atoms with Crippen molar-refractivity contribution in [2.24, 2.45) is 5.73 Å². The van der Waals surface area contributed by atoms with E-state index < -0.39 is 5.91 Å². The number of amides is 1. The third-order valence-corrected chi connectivity index (χ3v) is 3.30. The first-order valence-corrected chi connectivity index (χ1v) is 7.18. The van der Waals surface area contributed by atoms with Crippen LogP contribution >= 0.6 is 0 Å². The molecule has 0 bridgehead atoms. The lowest BCUT2D eigenvalue weighted by Gasteiger charge is -2.10. The SMILES string of the molecule is CCNc1cnc(C(N)=O)c(/C(C)=C/c2ccccc2C)n1. The minimum absolute atomic E-state index is 0.184. The minimum Gasteiger partial charge on any atom is -0.369 e. The largest absolute Gasteiger partial charge is 0.369 e. The number of nitrogens with two attached hydrogens (primary N) is 1. The number of anilines is 1. The summed E-state index contributed by atoms with van der Waals surface area (Å²) in [5.74, 6) is 0.0446. The van der Waals surface area contributed by atoms with Gasteiger partial charge < -0.3 is 11.1 Å². The lowest BCUT2D eigenvalue weighted by Crippen LogP contribution is -2.17. The zero-order valence-corrected chi connectivity index (χ0v) is 13.1. The fourth-order valence-electron chi connectivity index (χ4n) is 2.16. The van der Waals surface area contributed by atoms with Gasteiger partial charge in [-0.2, -0.15) is 0 Å². The fourth-order valence-corrected chi connectivity index (χ4v) is 2.16. The molecule has 5 nitrogen and oxygen atoms in total. The highest BCUT2D eigenvalue weighted by atomic mass is 16.1. The summed E-state index contributed by atoms with van der Waals surface area (Å²) < 4.78 is 0. The monoisotopic (exact) mass is 296 g/mol. The first-order valence-electron chi connectivity index (χ1n) is 7.18. The summed E-state index contributed by atoms with van der Waals surface area (Å²) in [6.45, 7) is 6.64. The summed E-state index contributed by atoms with van der Waals surface area (Å²) in [5.41, 5.74) is 9.17. The highest BCUT2D eigenvalue weighted by Gasteiger charge is 2.14. The molecule has 2 rings (SSSR count). The maximum absolute atomic E-state index is 11.6. The number of benzene rings is 1. The second kappa shape index (κ2) is 6.85. The number of allylic oxidation sites excluding steroid dienone is 1. The topological polar surface area (TPSA) is 80.9 Å². The standard InChI is InChI=1S/C17H20N4O/c1-4-19-14-10-20-16(17(18)22)15(21-14)12(3)9-13-8-6-5-7-11(13)2/h5-10H,4H2,1-3H3,(H2,18,22)(H,19,21)/b12-9+. The van der Waals surface area contributed by atoms with E-state index in [4.69, 9.17) is 5.73 Å². The third kappa shape index (κ3) is 3.49. The molecule has 114 valence electrons. The molecule has 0 unspecified atom stereocenters. The van der Waals surface area contributed by atoms with E-state index in [9.17, 15) is 4.79 Å². The van der Waals surface area contributed by atoms with Crippen molar-refractivity contribution in [2.75, 3.05) is 11.9 Å². The molecule has 0 atom stereocenters. The minimum atomic E-state index is -0.580. The predicted octanol–water partition coefficient (Wildman–Crippen LogP) is 2.88. The van der Waals surface area contributed by atoms with Crippen LogP contribution in [-0.4, -0.2) is 22.4 Å². The highest BCUT2D eigenvalue weighted by molar-refractivity contribution is 5.97. The van der Waals surface area contributed by atoms with Crippen LogP contribution in [0, 0.1) is 6.92 Å². The molecular weight excluding hydrogens is 276 g/mol. The Hall–Kier alpha value is -2.69. The Labute approximate surface area is 130 Å². The van der Waals surface area contributed by atoms with Gasteiger partial charge in [-0.25, -0.2) is 9.97 Å². The smallest absolute Gasteiger partial charge is 0.269 e. The van der Waals surface area contributed by atoms with Crippen LogP contribution in [0.3, 0.4) is 0 Å². The third-order valence-electron chi connectivity index (χ3n) is 3.30. The molecule has 1 heterocycles. The molecule has 1 aromatic heterocycles. The van der Waals surface area contributed by atoms with Crippen LogP contribution in [0.2, 0.25) is 0 Å². The molecule has 1 aromatic carbocycles. The summed E-state index contributed by atoms with van der Waals surface area (Å²) in [7, 11) is 0. The molecule has 0 aliphatic heterocycles. The van der Waals surface area contributed by atoms with Crippen LogP contribution in [0.15, 0.2) is 30.5 Å². The van der Waals surface area contributed by atoms with Crippen LogP contribution in [0.4, 0.5) is 5.82 Å². The summed E-state index contributed by atoms with van der Waals surface area (Å²) in [6, 6.07) is 8.02. The summed E-state index contributed by atoms with van der Waals surface area (Å²) in [6.07, 6.45) is 3.51. The lowest BCUT2D eigenvalue weighted by molar-refractivity contribution is 0.0995. The number of nitrogens with one attached hydrogen (secondary N) is 1. The van der Waals surface area contributed by atoms with Crippen LogP contribution in [0.5, 0.6) is 0 Å². The molecule has 5 heteroatoms. The molecule has 3 N–H and O–H groups in total. The van der Waals surface area contributed by atoms with E-state index in [2.05, 4.69) is 15.3 Å². The average molecular weight is 296 g/mol. The molecule has 0 saturated heterocycles. The molecule has 22 heavy (non-hydrogen) atoms. The van der Waals surface area contributed by atoms with E-state index in [1.54, 1.807) is 0 Å². The van der Waals surface area contributed by atoms with Crippen LogP contribution in [-0.2, 0) is 0 Å². The molecule has 0 aliphatic carbocycles. The van der Waals surface area contributed by atoms with E-state index in [0.717, 1.165) is 23.2 Å². The van der Waals surface area contributed by atoms with Gasteiger partial charge in [0.1, 0.15) is 5.82 Å². The van der Waals surface area contributed by atoms with E-state index in [1.807, 2.05) is 51.1 Å². The van der Waals surface area contributed by atoms with Crippen molar-refractivity contribution in [3.05, 3.63) is 53.0 Å². The highest BCUT2D eigenvalue weighted by Crippen LogP contribution is 2.21. The van der Waals surface area contributed by atoms with E-state index in [0.29, 0.717) is 11.5 Å². The number of hydrogen-bond acceptors (Lipinski definition) is 4. The van der Waals surface area contributed by atoms with Crippen molar-refractivity contribution >= 4 is 23.4 Å². The molecular formula is C17H20N4O. The summed E-state index contributed by atoms with van der Waals surface area (Å²) in [5, 5.41) is 3.09. The van der Waals surface area contributed by atoms with Crippen LogP contribution in [0.25, 0.3) is 11.6 Å². The molecule has 0 saturated carbocycles. The van der Waals surface area contributed by atoms with Gasteiger partial charge in [0.05, 0.1) is 11.9 Å². The lowest BCUT2D eigenvalue weighted by atomic mass is 10.0. The Morgan fingerprint density at radius 3 is 2.68 bits per heavy atom. The van der Waals surface area contributed by atoms with Crippen molar-refractivity contribution in [1.29, 1.82) is 0 Å². The zero-order chi connectivity index (χ0) is 16.1. The van der Waals surface area contributed by atoms with Gasteiger partial charge in [-0.05, 0) is 43.5 Å². The molecule has 0 aliphatic rings. The average Bonchev–Trinajstić information content (AvgIpc) is 2.49. The van der Waals surface area contributed by atoms with E-state index in [1.165, 1.54) is 6.20 Å². The second-order valence-electron chi connectivity index (χ2n) is 5.03. The van der Waals surface area contributed by atoms with Gasteiger partial charge >= 0.3 is 0 Å². The van der Waals surface area contributed by atoms with E-state index in [-0.39, 0.29) is 5.69 Å². The Morgan fingerprint density at radius 1 is 1.32 bits per heavy atom. The zero-order valence-electron chi connectivity index (χ0n) is 13.1. The quantitative estimate of drug-likeness (QED) is 0.889. The number of hydrogen-bond donors (Lipinski definition) is 2. The molecule has 2 aromatic rings. The number of aryl methyl sites for hydroxylation is 1. The fraction of sp³-hybridized carbons (Fsp3) is 0.235. The molecule has 0 radical (unpaired) electrons. The molecule has 0 fully saturated rings. The number of carbonyl (C=O) groups excluding carboxylic acids is 1. The Balaban J connectivity index is 2.51. The van der Waals surface area contributed by atoms with Crippen molar-refractivity contribution < 1.29 is 4.79 Å². The Morgan fingerprint density at radius 2 is 2.05 bits per heavy atom. The van der Waals surface area contributed by atoms with Gasteiger partial charge in [0.25, 0.3) is 5.91 Å². The van der Waals surface area contributed by atoms with E-state index >= 15 is 0 Å². The second-order valence-corrected chi connectivity index (χ2v) is 5.03. The number of carbonyl (C=O) groups is 1. The van der Waals surface area contributed by atoms with Crippen LogP contribution in [0.1, 0.15) is 41.2 Å². The van der Waals surface area contributed by atoms with Gasteiger partial charge in [-0.1, -0.05) is 24.3 Å². The van der Waals surface area contributed by atoms with Crippen LogP contribution < -0.4 is 11.1 Å². The number of nitrogens with zero attached hydrogens (tertiary/aromatic N) is 2. The van der Waals surface area contributed by atoms with Crippen molar-refractivity contribution in [3.8, 4) is 0 Å². The maximum Gasteiger partial charge on any atom is 0.269 e. The number of primary amides is 1. The van der Waals surface area contributed by atoms with Crippen molar-refractivity contribution in [1.82, 2.24) is 9.97 Å². The van der Waals surface area contributed by atoms with Gasteiger partial charge in [0.15, 0.2) is 5.69 Å². The van der Waals surface area contributed by atoms with Gasteiger partial charge in [-0.15, -0.1) is 0 Å². The van der Waals surface area contributed by atoms with Gasteiger partial charge in [-0.3, -0.25) is 4.79 Å². The first-order chi connectivity index (χ1) is 10.5. The Bertz CT molecular complexity index is 722. The first kappa shape index (κ1) is 15.7. The normalized spacial score (nSPS) is 11.3. The van der Waals surface area contributed by atoms with Crippen molar-refractivity contribution in [3.63, 3.8) is 0 Å².